The number of nitrogens with zero attached hydrogens (tertiary/aromatic N) is 4. The van der Waals surface area contributed by atoms with Crippen molar-refractivity contribution in [3.05, 3.63) is 52.6 Å². The fraction of sp³-hybridized carbons (Fsp3) is 0.350. The molecule has 1 aromatic carbocycles. The summed E-state index contributed by atoms with van der Waals surface area (Å²) in [6.07, 6.45) is 3.87. The van der Waals surface area contributed by atoms with E-state index in [1.165, 1.54) is 4.31 Å². The van der Waals surface area contributed by atoms with Gasteiger partial charge in [-0.05, 0) is 44.4 Å². The number of hydrogen-bond donors (Lipinski definition) is 1. The van der Waals surface area contributed by atoms with Gasteiger partial charge in [-0.2, -0.15) is 4.31 Å². The van der Waals surface area contributed by atoms with Crippen molar-refractivity contribution >= 4 is 27.6 Å². The molecule has 1 saturated heterocycles. The Morgan fingerprint density at radius 3 is 2.77 bits per heavy atom. The Bertz CT molecular complexity index is 1180. The molecule has 0 amide bonds. The molecule has 3 heterocycles. The van der Waals surface area contributed by atoms with Crippen LogP contribution < -0.4 is 5.73 Å². The molecule has 0 bridgehead atoms. The van der Waals surface area contributed by atoms with Gasteiger partial charge in [0.15, 0.2) is 5.76 Å². The molecule has 0 aliphatic carbocycles. The van der Waals surface area contributed by atoms with Crippen molar-refractivity contribution in [3.8, 4) is 11.1 Å². The number of hydrogen-bond acceptors (Lipinski definition) is 7. The van der Waals surface area contributed by atoms with E-state index < -0.39 is 16.1 Å². The molecule has 158 valence electrons. The first-order chi connectivity index (χ1) is 14.3. The van der Waals surface area contributed by atoms with E-state index in [0.29, 0.717) is 34.9 Å². The Labute approximate surface area is 180 Å². The van der Waals surface area contributed by atoms with Crippen molar-refractivity contribution < 1.29 is 12.9 Å². The summed E-state index contributed by atoms with van der Waals surface area (Å²) >= 11 is 6.18. The van der Waals surface area contributed by atoms with Gasteiger partial charge in [-0.1, -0.05) is 35.3 Å². The van der Waals surface area contributed by atoms with E-state index in [1.54, 1.807) is 32.2 Å². The summed E-state index contributed by atoms with van der Waals surface area (Å²) in [5.74, 6) is 0.366. The Morgan fingerprint density at radius 2 is 2.07 bits per heavy atom. The lowest BCUT2D eigenvalue weighted by molar-refractivity contribution is 0.251. The molecule has 1 atom stereocenters. The number of aromatic nitrogens is 3. The number of nitrogen functional groups attached to an aromatic ring is 1. The van der Waals surface area contributed by atoms with Crippen molar-refractivity contribution in [1.82, 2.24) is 19.4 Å². The summed E-state index contributed by atoms with van der Waals surface area (Å²) in [4.78, 5) is 8.72. The van der Waals surface area contributed by atoms with Gasteiger partial charge in [0.05, 0.1) is 11.7 Å². The number of piperidine rings is 1. The van der Waals surface area contributed by atoms with E-state index in [9.17, 15) is 8.42 Å². The predicted octanol–water partition coefficient (Wildman–Crippen LogP) is 3.90. The van der Waals surface area contributed by atoms with E-state index in [-0.39, 0.29) is 16.6 Å². The van der Waals surface area contributed by atoms with Gasteiger partial charge in [0, 0.05) is 23.3 Å². The highest BCUT2D eigenvalue weighted by Crippen LogP contribution is 2.40. The second-order valence-electron chi connectivity index (χ2n) is 7.32. The zero-order valence-electron chi connectivity index (χ0n) is 16.7. The quantitative estimate of drug-likeness (QED) is 0.644. The fourth-order valence-corrected chi connectivity index (χ4v) is 6.11. The van der Waals surface area contributed by atoms with Gasteiger partial charge in [0.2, 0.25) is 16.0 Å². The summed E-state index contributed by atoms with van der Waals surface area (Å²) in [7, 11) is -3.85. The average molecular weight is 448 g/mol. The summed E-state index contributed by atoms with van der Waals surface area (Å²) in [5.41, 5.74) is 8.32. The molecule has 8 nitrogen and oxygen atoms in total. The van der Waals surface area contributed by atoms with Crippen LogP contribution in [0, 0.1) is 13.8 Å². The zero-order chi connectivity index (χ0) is 21.5. The third-order valence-corrected chi connectivity index (χ3v) is 7.66. The lowest BCUT2D eigenvalue weighted by atomic mass is 9.95. The van der Waals surface area contributed by atoms with Crippen LogP contribution >= 0.6 is 11.6 Å². The minimum Gasteiger partial charge on any atom is -0.368 e. The summed E-state index contributed by atoms with van der Waals surface area (Å²) in [6, 6.07) is 6.81. The first-order valence-corrected chi connectivity index (χ1v) is 11.4. The molecule has 2 N–H and O–H groups in total. The van der Waals surface area contributed by atoms with Crippen molar-refractivity contribution in [2.45, 2.75) is 44.0 Å². The number of rotatable bonds is 4. The molecule has 3 aromatic rings. The van der Waals surface area contributed by atoms with Crippen molar-refractivity contribution in [3.63, 3.8) is 0 Å². The molecule has 4 rings (SSSR count). The van der Waals surface area contributed by atoms with E-state index >= 15 is 0 Å². The standard InChI is InChI=1S/C20H22ClN5O3S/c1-12-19(13(2)29-25-12)30(27,28)26-9-4-3-8-17(26)18-16(11-23-20(22)24-18)14-6-5-7-15(21)10-14/h5-7,10-11,17H,3-4,8-9H2,1-2H3,(H2,22,23,24). The second-order valence-corrected chi connectivity index (χ2v) is 9.58. The van der Waals surface area contributed by atoms with Gasteiger partial charge in [-0.3, -0.25) is 0 Å². The molecule has 30 heavy (non-hydrogen) atoms. The number of anilines is 1. The van der Waals surface area contributed by atoms with Gasteiger partial charge in [0.1, 0.15) is 10.6 Å². The van der Waals surface area contributed by atoms with Crippen LogP contribution in [0.15, 0.2) is 39.9 Å². The monoisotopic (exact) mass is 447 g/mol. The molecule has 1 aliphatic rings. The van der Waals surface area contributed by atoms with Gasteiger partial charge in [0.25, 0.3) is 0 Å². The summed E-state index contributed by atoms with van der Waals surface area (Å²) in [5, 5.41) is 4.39. The van der Waals surface area contributed by atoms with Gasteiger partial charge in [-0.15, -0.1) is 0 Å². The first-order valence-electron chi connectivity index (χ1n) is 9.62. The van der Waals surface area contributed by atoms with Crippen molar-refractivity contribution in [2.75, 3.05) is 12.3 Å². The van der Waals surface area contributed by atoms with Crippen LogP contribution in [0.1, 0.15) is 42.5 Å². The minimum atomic E-state index is -3.85. The van der Waals surface area contributed by atoms with Crippen LogP contribution in [0.4, 0.5) is 5.95 Å². The normalized spacial score (nSPS) is 17.9. The Hall–Kier alpha value is -2.49. The molecular formula is C20H22ClN5O3S. The lowest BCUT2D eigenvalue weighted by Crippen LogP contribution is -2.39. The smallest absolute Gasteiger partial charge is 0.249 e. The zero-order valence-corrected chi connectivity index (χ0v) is 18.2. The molecule has 1 fully saturated rings. The van der Waals surface area contributed by atoms with E-state index in [2.05, 4.69) is 15.1 Å². The fourth-order valence-electron chi connectivity index (χ4n) is 3.97. The molecule has 1 unspecified atom stereocenters. The van der Waals surface area contributed by atoms with Crippen LogP contribution in [0.25, 0.3) is 11.1 Å². The van der Waals surface area contributed by atoms with E-state index in [1.807, 2.05) is 12.1 Å². The number of halogens is 1. The highest BCUT2D eigenvalue weighted by Gasteiger charge is 2.39. The van der Waals surface area contributed by atoms with E-state index in [4.69, 9.17) is 21.9 Å². The topological polar surface area (TPSA) is 115 Å². The Morgan fingerprint density at radius 1 is 1.27 bits per heavy atom. The van der Waals surface area contributed by atoms with Crippen LogP contribution in [0.2, 0.25) is 5.02 Å². The highest BCUT2D eigenvalue weighted by atomic mass is 35.5. The van der Waals surface area contributed by atoms with E-state index in [0.717, 1.165) is 18.4 Å². The average Bonchev–Trinajstić information content (AvgIpc) is 3.06. The molecule has 0 spiro atoms. The maximum Gasteiger partial charge on any atom is 0.249 e. The predicted molar refractivity (Wildman–Crippen MR) is 113 cm³/mol. The Balaban J connectivity index is 1.86. The van der Waals surface area contributed by atoms with Crippen LogP contribution in [0.5, 0.6) is 0 Å². The molecule has 1 aliphatic heterocycles. The number of benzene rings is 1. The lowest BCUT2D eigenvalue weighted by Gasteiger charge is -2.35. The van der Waals surface area contributed by atoms with Gasteiger partial charge >= 0.3 is 0 Å². The van der Waals surface area contributed by atoms with Crippen molar-refractivity contribution in [2.24, 2.45) is 0 Å². The third-order valence-electron chi connectivity index (χ3n) is 5.28. The summed E-state index contributed by atoms with van der Waals surface area (Å²) in [6.45, 7) is 3.60. The summed E-state index contributed by atoms with van der Waals surface area (Å²) < 4.78 is 33.8. The highest BCUT2D eigenvalue weighted by molar-refractivity contribution is 7.89. The maximum absolute atomic E-state index is 13.6. The molecule has 0 radical (unpaired) electrons. The SMILES string of the molecule is Cc1noc(C)c1S(=O)(=O)N1CCCCC1c1nc(N)ncc1-c1cccc(Cl)c1. The number of sulfonamides is 1. The van der Waals surface area contributed by atoms with Crippen LogP contribution in [-0.4, -0.2) is 34.4 Å². The van der Waals surface area contributed by atoms with Crippen LogP contribution in [0.3, 0.4) is 0 Å². The second kappa shape index (κ2) is 7.98. The molecular weight excluding hydrogens is 426 g/mol. The number of nitrogens with two attached hydrogens (primary N) is 1. The molecule has 0 saturated carbocycles. The third kappa shape index (κ3) is 3.68. The number of aryl methyl sites for hydroxylation is 2. The first kappa shape index (κ1) is 20.8. The van der Waals surface area contributed by atoms with Gasteiger partial charge in [-0.25, -0.2) is 18.4 Å². The molecule has 10 heteroatoms. The maximum atomic E-state index is 13.6. The van der Waals surface area contributed by atoms with Crippen LogP contribution in [-0.2, 0) is 10.0 Å². The van der Waals surface area contributed by atoms with Gasteiger partial charge < -0.3 is 10.3 Å². The van der Waals surface area contributed by atoms with Crippen molar-refractivity contribution in [1.29, 1.82) is 0 Å². The minimum absolute atomic E-state index is 0.0936. The largest absolute Gasteiger partial charge is 0.368 e. The Kier molecular flexibility index (Phi) is 5.52. The molecule has 2 aromatic heterocycles.